The molecule has 0 N–H and O–H groups in total. The van der Waals surface area contributed by atoms with Crippen molar-refractivity contribution >= 4 is 44.1 Å². The number of nitrogens with zero attached hydrogens (tertiary/aromatic N) is 4. The third-order valence-corrected chi connectivity index (χ3v) is 12.8. The fourth-order valence-corrected chi connectivity index (χ4v) is 9.38. The molecule has 0 radical (unpaired) electrons. The lowest BCUT2D eigenvalue weighted by Crippen LogP contribution is -1.95. The zero-order chi connectivity index (χ0) is 45.0. The first-order valence-electron chi connectivity index (χ1n) is 22.7. The van der Waals surface area contributed by atoms with Crippen LogP contribution in [0.4, 0.5) is 0 Å². The van der Waals surface area contributed by atoms with Gasteiger partial charge in [0.15, 0.2) is 11.6 Å². The topological polar surface area (TPSA) is 77.8 Å². The van der Waals surface area contributed by atoms with Gasteiger partial charge in [-0.2, -0.15) is 9.97 Å². The van der Waals surface area contributed by atoms with Crippen molar-refractivity contribution in [3.8, 4) is 89.8 Å². The lowest BCUT2D eigenvalue weighted by Gasteiger charge is -2.11. The van der Waals surface area contributed by atoms with Gasteiger partial charge in [-0.3, -0.25) is 0 Å². The molecule has 0 atom stereocenters. The molecule has 0 saturated carbocycles. The standard InChI is InChI=1S/C62H38N4O2/c1-3-14-39(15-4-1)41-28-32-43(33-29-41)57-55-51-24-7-9-26-53(51)67-61(55)65-59(63-57)49-22-12-20-47(37-49)45-18-11-19-46(36-45)48-21-13-23-50(38-48)60-64-58(56-52-25-8-10-27-54(52)68-62(56)66-60)44-34-30-42(31-35-44)40-16-5-2-6-17-40/h1-38H. The highest BCUT2D eigenvalue weighted by Crippen LogP contribution is 2.40. The smallest absolute Gasteiger partial charge is 0.231 e. The summed E-state index contributed by atoms with van der Waals surface area (Å²) in [5.74, 6) is 1.19. The second-order valence-corrected chi connectivity index (χ2v) is 17.0. The highest BCUT2D eigenvalue weighted by molar-refractivity contribution is 6.12. The number of para-hydroxylation sites is 2. The zero-order valence-corrected chi connectivity index (χ0v) is 36.5. The van der Waals surface area contributed by atoms with Crippen molar-refractivity contribution in [1.82, 2.24) is 19.9 Å². The number of rotatable bonds is 8. The SMILES string of the molecule is c1ccc(-c2ccc(-c3nc(-c4cccc(-c5cccc(-c6cccc(-c7nc(-c8ccc(-c9ccccc9)cc8)c8c(n7)oc7ccccc78)c6)c5)c4)nc4oc5ccccc5c34)cc2)cc1. The lowest BCUT2D eigenvalue weighted by molar-refractivity contribution is 0.653. The molecule has 6 nitrogen and oxygen atoms in total. The van der Waals surface area contributed by atoms with Gasteiger partial charge in [-0.1, -0.05) is 200 Å². The summed E-state index contributed by atoms with van der Waals surface area (Å²) < 4.78 is 12.8. The molecule has 0 aliphatic heterocycles. The van der Waals surface area contributed by atoms with Gasteiger partial charge in [-0.25, -0.2) is 9.97 Å². The average Bonchev–Trinajstić information content (AvgIpc) is 4.00. The molecule has 0 aliphatic carbocycles. The van der Waals surface area contributed by atoms with E-state index >= 15 is 0 Å². The highest BCUT2D eigenvalue weighted by atomic mass is 16.3. The van der Waals surface area contributed by atoms with E-state index in [1.807, 2.05) is 48.5 Å². The van der Waals surface area contributed by atoms with Crippen molar-refractivity contribution in [3.63, 3.8) is 0 Å². The van der Waals surface area contributed by atoms with E-state index in [0.29, 0.717) is 23.1 Å². The Morgan fingerprint density at radius 3 is 0.956 bits per heavy atom. The molecule has 0 spiro atoms. The van der Waals surface area contributed by atoms with Crippen LogP contribution >= 0.6 is 0 Å². The molecule has 0 unspecified atom stereocenters. The van der Waals surface area contributed by atoms with E-state index in [1.165, 1.54) is 11.1 Å². The van der Waals surface area contributed by atoms with Crippen LogP contribution < -0.4 is 0 Å². The third-order valence-electron chi connectivity index (χ3n) is 12.8. The van der Waals surface area contributed by atoms with Crippen LogP contribution in [-0.2, 0) is 0 Å². The van der Waals surface area contributed by atoms with Gasteiger partial charge in [-0.05, 0) is 74.8 Å². The maximum absolute atomic E-state index is 6.41. The zero-order valence-electron chi connectivity index (χ0n) is 36.5. The van der Waals surface area contributed by atoms with E-state index in [9.17, 15) is 0 Å². The minimum atomic E-state index is 0.558. The Morgan fingerprint density at radius 1 is 0.235 bits per heavy atom. The Labute approximate surface area is 391 Å². The Balaban J connectivity index is 0.859. The number of hydrogen-bond donors (Lipinski definition) is 0. The first-order chi connectivity index (χ1) is 33.7. The van der Waals surface area contributed by atoms with Crippen molar-refractivity contribution in [3.05, 3.63) is 231 Å². The molecule has 13 aromatic rings. The predicted octanol–water partition coefficient (Wildman–Crippen LogP) is 16.4. The van der Waals surface area contributed by atoms with E-state index in [4.69, 9.17) is 28.8 Å². The highest BCUT2D eigenvalue weighted by Gasteiger charge is 2.21. The summed E-state index contributed by atoms with van der Waals surface area (Å²) >= 11 is 0. The normalized spacial score (nSPS) is 11.5. The van der Waals surface area contributed by atoms with Gasteiger partial charge >= 0.3 is 0 Å². The molecule has 318 valence electrons. The largest absolute Gasteiger partial charge is 0.438 e. The van der Waals surface area contributed by atoms with E-state index in [1.54, 1.807) is 0 Å². The van der Waals surface area contributed by atoms with Crippen molar-refractivity contribution < 1.29 is 8.83 Å². The quantitative estimate of drug-likeness (QED) is 0.151. The first-order valence-corrected chi connectivity index (χ1v) is 22.7. The van der Waals surface area contributed by atoms with Crippen LogP contribution in [0, 0.1) is 0 Å². The minimum Gasteiger partial charge on any atom is -0.438 e. The van der Waals surface area contributed by atoms with E-state index < -0.39 is 0 Å². The van der Waals surface area contributed by atoms with Gasteiger partial charge in [-0.15, -0.1) is 0 Å². The molecular weight excluding hydrogens is 833 g/mol. The third kappa shape index (κ3) is 7.00. The number of benzene rings is 9. The summed E-state index contributed by atoms with van der Waals surface area (Å²) in [6, 6.07) is 79.6. The fraction of sp³-hybridized carbons (Fsp3) is 0. The van der Waals surface area contributed by atoms with Crippen LogP contribution in [0.15, 0.2) is 239 Å². The van der Waals surface area contributed by atoms with Crippen LogP contribution in [0.25, 0.3) is 134 Å². The molecule has 13 rings (SSSR count). The maximum Gasteiger partial charge on any atom is 0.231 e. The summed E-state index contributed by atoms with van der Waals surface area (Å²) in [7, 11) is 0. The molecular formula is C62H38N4O2. The van der Waals surface area contributed by atoms with Gasteiger partial charge in [0.2, 0.25) is 11.4 Å². The predicted molar refractivity (Wildman–Crippen MR) is 276 cm³/mol. The Bertz CT molecular complexity index is 3750. The molecule has 0 fully saturated rings. The second kappa shape index (κ2) is 16.3. The summed E-state index contributed by atoms with van der Waals surface area (Å²) in [4.78, 5) is 20.7. The summed E-state index contributed by atoms with van der Waals surface area (Å²) in [6.45, 7) is 0. The molecule has 4 aromatic heterocycles. The maximum atomic E-state index is 6.41. The molecule has 0 aliphatic rings. The number of aromatic nitrogens is 4. The van der Waals surface area contributed by atoms with Crippen LogP contribution in [0.2, 0.25) is 0 Å². The Morgan fingerprint density at radius 2 is 0.544 bits per heavy atom. The van der Waals surface area contributed by atoms with E-state index in [-0.39, 0.29) is 0 Å². The van der Waals surface area contributed by atoms with E-state index in [2.05, 4.69) is 182 Å². The van der Waals surface area contributed by atoms with Crippen molar-refractivity contribution in [2.75, 3.05) is 0 Å². The van der Waals surface area contributed by atoms with Gasteiger partial charge in [0.1, 0.15) is 11.2 Å². The molecule has 0 amide bonds. The number of fused-ring (bicyclic) bond motifs is 6. The van der Waals surface area contributed by atoms with Gasteiger partial charge in [0.05, 0.1) is 22.2 Å². The first kappa shape index (κ1) is 39.1. The van der Waals surface area contributed by atoms with Gasteiger partial charge in [0.25, 0.3) is 0 Å². The Kier molecular flexibility index (Phi) is 9.39. The molecule has 68 heavy (non-hydrogen) atoms. The molecule has 4 heterocycles. The molecule has 0 bridgehead atoms. The molecule has 0 saturated heterocycles. The Hall–Kier alpha value is -9.26. The average molecular weight is 871 g/mol. The van der Waals surface area contributed by atoms with Crippen LogP contribution in [0.5, 0.6) is 0 Å². The summed E-state index contributed by atoms with van der Waals surface area (Å²) in [6.07, 6.45) is 0. The summed E-state index contributed by atoms with van der Waals surface area (Å²) in [5.41, 5.74) is 17.0. The second-order valence-electron chi connectivity index (χ2n) is 17.0. The van der Waals surface area contributed by atoms with Crippen molar-refractivity contribution in [2.45, 2.75) is 0 Å². The van der Waals surface area contributed by atoms with Crippen molar-refractivity contribution in [2.24, 2.45) is 0 Å². The van der Waals surface area contributed by atoms with E-state index in [0.717, 1.165) is 99.7 Å². The van der Waals surface area contributed by atoms with Crippen LogP contribution in [0.3, 0.4) is 0 Å². The fourth-order valence-electron chi connectivity index (χ4n) is 9.38. The summed E-state index contributed by atoms with van der Waals surface area (Å²) in [5, 5.41) is 3.78. The number of hydrogen-bond acceptors (Lipinski definition) is 6. The van der Waals surface area contributed by atoms with Crippen LogP contribution in [-0.4, -0.2) is 19.9 Å². The van der Waals surface area contributed by atoms with Gasteiger partial charge in [0, 0.05) is 33.0 Å². The van der Waals surface area contributed by atoms with Crippen molar-refractivity contribution in [1.29, 1.82) is 0 Å². The number of furan rings is 2. The molecule has 6 heteroatoms. The molecule has 9 aromatic carbocycles. The monoisotopic (exact) mass is 870 g/mol. The van der Waals surface area contributed by atoms with Crippen LogP contribution in [0.1, 0.15) is 0 Å². The lowest BCUT2D eigenvalue weighted by atomic mass is 9.96. The minimum absolute atomic E-state index is 0.558. The van der Waals surface area contributed by atoms with Gasteiger partial charge < -0.3 is 8.83 Å².